The van der Waals surface area contributed by atoms with E-state index in [4.69, 9.17) is 0 Å². The Morgan fingerprint density at radius 2 is 1.79 bits per heavy atom. The lowest BCUT2D eigenvalue weighted by atomic mass is 9.46. The van der Waals surface area contributed by atoms with Crippen molar-refractivity contribution >= 4 is 0 Å². The molecule has 3 fully saturated rings. The Bertz CT molecular complexity index is 395. The maximum absolute atomic E-state index is 2.65. The van der Waals surface area contributed by atoms with Gasteiger partial charge in [-0.3, -0.25) is 0 Å². The fourth-order valence-electron chi connectivity index (χ4n) is 6.82. The van der Waals surface area contributed by atoms with Gasteiger partial charge in [-0.05, 0) is 85.9 Å². The number of hydrogen-bond donors (Lipinski definition) is 0. The second-order valence-electron chi connectivity index (χ2n) is 8.62. The molecule has 0 amide bonds. The summed E-state index contributed by atoms with van der Waals surface area (Å²) >= 11 is 0. The maximum Gasteiger partial charge on any atom is -0.0177 e. The lowest BCUT2D eigenvalue weighted by Gasteiger charge is -2.59. The summed E-state index contributed by atoms with van der Waals surface area (Å²) in [7, 11) is 0. The van der Waals surface area contributed by atoms with E-state index in [-0.39, 0.29) is 0 Å². The minimum Gasteiger partial charge on any atom is -0.0882 e. The highest BCUT2D eigenvalue weighted by molar-refractivity contribution is 5.12. The molecule has 0 nitrogen and oxygen atoms in total. The number of fused-ring (bicyclic) bond motifs is 5. The SMILES string of the molecule is C[C@@]12CCC[C@H]1[C@@H]1CC[C@H]3C=CCC[C@]3(C)[C@H]1CC2. The van der Waals surface area contributed by atoms with Gasteiger partial charge in [0.2, 0.25) is 0 Å². The van der Waals surface area contributed by atoms with E-state index in [2.05, 4.69) is 26.0 Å². The lowest BCUT2D eigenvalue weighted by Crippen LogP contribution is -2.51. The van der Waals surface area contributed by atoms with Crippen molar-refractivity contribution < 1.29 is 0 Å². The van der Waals surface area contributed by atoms with Crippen LogP contribution in [0.1, 0.15) is 71.6 Å². The number of allylic oxidation sites excluding steroid dienone is 2. The van der Waals surface area contributed by atoms with Gasteiger partial charge >= 0.3 is 0 Å². The van der Waals surface area contributed by atoms with E-state index in [1.54, 1.807) is 12.8 Å². The molecule has 4 rings (SSSR count). The molecule has 0 aromatic carbocycles. The molecule has 0 heterocycles. The number of rotatable bonds is 0. The normalized spacial score (nSPS) is 56.3. The monoisotopic (exact) mass is 258 g/mol. The molecule has 19 heavy (non-hydrogen) atoms. The predicted molar refractivity (Wildman–Crippen MR) is 80.9 cm³/mol. The van der Waals surface area contributed by atoms with Crippen molar-refractivity contribution in [3.05, 3.63) is 12.2 Å². The topological polar surface area (TPSA) is 0 Å². The third-order valence-electron chi connectivity index (χ3n) is 7.94. The van der Waals surface area contributed by atoms with Gasteiger partial charge in [0.15, 0.2) is 0 Å². The standard InChI is InChI=1S/C19H30/c1-18-11-5-7-16(18)15-9-8-14-6-3-4-12-19(14,2)17(15)10-13-18/h3,6,14-17H,4-5,7-13H2,1-2H3/t14-,15+,16+,17+,18+,19+/m1/s1. The van der Waals surface area contributed by atoms with Crippen molar-refractivity contribution in [1.29, 1.82) is 0 Å². The molecular weight excluding hydrogens is 228 g/mol. The van der Waals surface area contributed by atoms with E-state index < -0.39 is 0 Å². The molecule has 0 heteroatoms. The fourth-order valence-corrected chi connectivity index (χ4v) is 6.82. The molecule has 0 saturated heterocycles. The maximum atomic E-state index is 2.65. The van der Waals surface area contributed by atoms with Gasteiger partial charge < -0.3 is 0 Å². The summed E-state index contributed by atoms with van der Waals surface area (Å²) in [5, 5.41) is 0. The van der Waals surface area contributed by atoms with Crippen LogP contribution in [0.25, 0.3) is 0 Å². The molecule has 3 saturated carbocycles. The van der Waals surface area contributed by atoms with Crippen LogP contribution in [0.15, 0.2) is 12.2 Å². The summed E-state index contributed by atoms with van der Waals surface area (Å²) in [5.41, 5.74) is 1.39. The first kappa shape index (κ1) is 12.5. The van der Waals surface area contributed by atoms with E-state index in [9.17, 15) is 0 Å². The highest BCUT2D eigenvalue weighted by Gasteiger charge is 2.56. The predicted octanol–water partition coefficient (Wildman–Crippen LogP) is 5.59. The zero-order chi connectivity index (χ0) is 13.1. The quantitative estimate of drug-likeness (QED) is 0.497. The molecule has 6 atom stereocenters. The lowest BCUT2D eigenvalue weighted by molar-refractivity contribution is -0.0808. The van der Waals surface area contributed by atoms with Gasteiger partial charge in [-0.2, -0.15) is 0 Å². The van der Waals surface area contributed by atoms with Crippen LogP contribution in [0.3, 0.4) is 0 Å². The Labute approximate surface area is 119 Å². The van der Waals surface area contributed by atoms with Crippen LogP contribution < -0.4 is 0 Å². The second kappa shape index (κ2) is 4.12. The average Bonchev–Trinajstić information content (AvgIpc) is 2.79. The first-order chi connectivity index (χ1) is 9.13. The molecule has 0 aromatic rings. The molecule has 0 unspecified atom stereocenters. The summed E-state index contributed by atoms with van der Waals surface area (Å²) < 4.78 is 0. The molecule has 4 aliphatic carbocycles. The Morgan fingerprint density at radius 1 is 0.895 bits per heavy atom. The zero-order valence-electron chi connectivity index (χ0n) is 12.8. The van der Waals surface area contributed by atoms with Gasteiger partial charge in [0.25, 0.3) is 0 Å². The summed E-state index contributed by atoms with van der Waals surface area (Å²) in [5.74, 6) is 4.12. The Morgan fingerprint density at radius 3 is 2.68 bits per heavy atom. The molecule has 0 aliphatic heterocycles. The Balaban J connectivity index is 1.67. The third-order valence-corrected chi connectivity index (χ3v) is 7.94. The van der Waals surface area contributed by atoms with Crippen LogP contribution in [0.4, 0.5) is 0 Å². The van der Waals surface area contributed by atoms with Crippen LogP contribution in [0.5, 0.6) is 0 Å². The van der Waals surface area contributed by atoms with Crippen molar-refractivity contribution in [2.45, 2.75) is 71.6 Å². The minimum absolute atomic E-state index is 0.654. The summed E-state index contributed by atoms with van der Waals surface area (Å²) in [6.07, 6.45) is 18.6. The van der Waals surface area contributed by atoms with Crippen LogP contribution in [-0.4, -0.2) is 0 Å². The molecule has 0 radical (unpaired) electrons. The van der Waals surface area contributed by atoms with Gasteiger partial charge in [-0.1, -0.05) is 32.4 Å². The van der Waals surface area contributed by atoms with Gasteiger partial charge in [-0.15, -0.1) is 0 Å². The zero-order valence-corrected chi connectivity index (χ0v) is 12.8. The minimum atomic E-state index is 0.654. The highest BCUT2D eigenvalue weighted by atomic mass is 14.6. The van der Waals surface area contributed by atoms with E-state index in [0.717, 1.165) is 29.1 Å². The van der Waals surface area contributed by atoms with Crippen LogP contribution in [0, 0.1) is 34.5 Å². The van der Waals surface area contributed by atoms with Gasteiger partial charge in [0, 0.05) is 0 Å². The van der Waals surface area contributed by atoms with E-state index in [1.807, 2.05) is 0 Å². The summed E-state index contributed by atoms with van der Waals surface area (Å²) in [6, 6.07) is 0. The molecule has 4 aliphatic rings. The van der Waals surface area contributed by atoms with Gasteiger partial charge in [0.1, 0.15) is 0 Å². The summed E-state index contributed by atoms with van der Waals surface area (Å²) in [4.78, 5) is 0. The van der Waals surface area contributed by atoms with E-state index >= 15 is 0 Å². The third kappa shape index (κ3) is 1.64. The van der Waals surface area contributed by atoms with Crippen LogP contribution in [0.2, 0.25) is 0 Å². The smallest absolute Gasteiger partial charge is 0.0177 e. The van der Waals surface area contributed by atoms with E-state index in [0.29, 0.717) is 5.41 Å². The van der Waals surface area contributed by atoms with Gasteiger partial charge in [0.05, 0.1) is 0 Å². The van der Waals surface area contributed by atoms with E-state index in [1.165, 1.54) is 44.9 Å². The Kier molecular flexibility index (Phi) is 2.71. The van der Waals surface area contributed by atoms with Crippen molar-refractivity contribution in [3.63, 3.8) is 0 Å². The molecule has 0 bridgehead atoms. The molecule has 0 aromatic heterocycles. The fraction of sp³-hybridized carbons (Fsp3) is 0.895. The summed E-state index contributed by atoms with van der Waals surface area (Å²) in [6.45, 7) is 5.27. The first-order valence-electron chi connectivity index (χ1n) is 8.80. The molecule has 0 spiro atoms. The van der Waals surface area contributed by atoms with Crippen LogP contribution >= 0.6 is 0 Å². The first-order valence-corrected chi connectivity index (χ1v) is 8.80. The largest absolute Gasteiger partial charge is 0.0882 e. The van der Waals surface area contributed by atoms with Crippen molar-refractivity contribution in [2.75, 3.05) is 0 Å². The Hall–Kier alpha value is -0.260. The van der Waals surface area contributed by atoms with Crippen molar-refractivity contribution in [3.8, 4) is 0 Å². The molecular formula is C19H30. The van der Waals surface area contributed by atoms with Gasteiger partial charge in [-0.25, -0.2) is 0 Å². The average molecular weight is 258 g/mol. The molecule has 106 valence electrons. The molecule has 0 N–H and O–H groups in total. The number of hydrogen-bond acceptors (Lipinski definition) is 0. The van der Waals surface area contributed by atoms with Crippen molar-refractivity contribution in [1.82, 2.24) is 0 Å². The van der Waals surface area contributed by atoms with Crippen molar-refractivity contribution in [2.24, 2.45) is 34.5 Å². The van der Waals surface area contributed by atoms with Crippen LogP contribution in [-0.2, 0) is 0 Å². The highest BCUT2D eigenvalue weighted by Crippen LogP contribution is 2.65. The second-order valence-corrected chi connectivity index (χ2v) is 8.62.